The highest BCUT2D eigenvalue weighted by molar-refractivity contribution is 9.10. The molecule has 5 nitrogen and oxygen atoms in total. The molecule has 6 heteroatoms. The fourth-order valence-corrected chi connectivity index (χ4v) is 1.67. The maximum Gasteiger partial charge on any atom is 0.335 e. The number of hydrogen-bond acceptors (Lipinski definition) is 3. The molecule has 1 atom stereocenters. The summed E-state index contributed by atoms with van der Waals surface area (Å²) in [6.07, 6.45) is -0.680. The van der Waals surface area contributed by atoms with E-state index in [4.69, 9.17) is 9.84 Å². The Kier molecular flexibility index (Phi) is 4.72. The topological polar surface area (TPSA) is 66.8 Å². The second kappa shape index (κ2) is 5.86. The molecule has 0 spiro atoms. The number of nitrogens with zero attached hydrogens (tertiary/aromatic N) is 1. The molecule has 1 aromatic rings. The standard InChI is InChI=1S/C12H14BrNO4/c1-7(11(15)14(2)3)18-10-6-8(12(16)17)4-5-9(10)13/h4-7H,1-3H3,(H,16,17). The molecule has 0 aromatic heterocycles. The molecule has 0 heterocycles. The first-order valence-electron chi connectivity index (χ1n) is 5.23. The second-order valence-electron chi connectivity index (χ2n) is 3.94. The van der Waals surface area contributed by atoms with Crippen LogP contribution in [0.2, 0.25) is 0 Å². The quantitative estimate of drug-likeness (QED) is 0.923. The Bertz CT molecular complexity index is 473. The van der Waals surface area contributed by atoms with Crippen molar-refractivity contribution in [3.63, 3.8) is 0 Å². The third kappa shape index (κ3) is 3.46. The van der Waals surface area contributed by atoms with Gasteiger partial charge in [-0.25, -0.2) is 4.79 Å². The van der Waals surface area contributed by atoms with Gasteiger partial charge in [-0.3, -0.25) is 4.79 Å². The van der Waals surface area contributed by atoms with Crippen molar-refractivity contribution in [3.8, 4) is 5.75 Å². The van der Waals surface area contributed by atoms with Crippen molar-refractivity contribution in [2.45, 2.75) is 13.0 Å². The Morgan fingerprint density at radius 3 is 2.50 bits per heavy atom. The van der Waals surface area contributed by atoms with Crippen molar-refractivity contribution in [3.05, 3.63) is 28.2 Å². The summed E-state index contributed by atoms with van der Waals surface area (Å²) >= 11 is 3.25. The molecule has 0 bridgehead atoms. The van der Waals surface area contributed by atoms with Crippen LogP contribution in [-0.2, 0) is 4.79 Å². The van der Waals surface area contributed by atoms with Gasteiger partial charge >= 0.3 is 5.97 Å². The number of carboxylic acid groups (broad SMARTS) is 1. The number of rotatable bonds is 4. The Morgan fingerprint density at radius 1 is 1.39 bits per heavy atom. The van der Waals surface area contributed by atoms with E-state index in [1.807, 2.05) is 0 Å². The minimum atomic E-state index is -1.04. The normalized spacial score (nSPS) is 11.8. The second-order valence-corrected chi connectivity index (χ2v) is 4.80. The van der Waals surface area contributed by atoms with Gasteiger partial charge in [-0.15, -0.1) is 0 Å². The lowest BCUT2D eigenvalue weighted by molar-refractivity contribution is -0.135. The van der Waals surface area contributed by atoms with Gasteiger partial charge in [0, 0.05) is 14.1 Å². The first-order chi connectivity index (χ1) is 8.32. The fraction of sp³-hybridized carbons (Fsp3) is 0.333. The predicted octanol–water partition coefficient (Wildman–Crippen LogP) is 2.00. The molecule has 0 saturated heterocycles. The maximum atomic E-state index is 11.6. The summed E-state index contributed by atoms with van der Waals surface area (Å²) in [6.45, 7) is 1.61. The van der Waals surface area contributed by atoms with E-state index < -0.39 is 12.1 Å². The number of carboxylic acids is 1. The third-order valence-corrected chi connectivity index (χ3v) is 2.93. The lowest BCUT2D eigenvalue weighted by atomic mass is 10.2. The van der Waals surface area contributed by atoms with Gasteiger partial charge in [-0.2, -0.15) is 0 Å². The Labute approximate surface area is 113 Å². The van der Waals surface area contributed by atoms with Crippen LogP contribution >= 0.6 is 15.9 Å². The van der Waals surface area contributed by atoms with E-state index in [9.17, 15) is 9.59 Å². The molecule has 0 aliphatic rings. The highest BCUT2D eigenvalue weighted by Crippen LogP contribution is 2.27. The zero-order valence-electron chi connectivity index (χ0n) is 10.3. The van der Waals surface area contributed by atoms with Gasteiger partial charge in [-0.1, -0.05) is 0 Å². The van der Waals surface area contributed by atoms with Gasteiger partial charge < -0.3 is 14.7 Å². The number of aromatic carboxylic acids is 1. The van der Waals surface area contributed by atoms with Crippen LogP contribution < -0.4 is 4.74 Å². The van der Waals surface area contributed by atoms with Crippen LogP contribution in [0.15, 0.2) is 22.7 Å². The lowest BCUT2D eigenvalue weighted by Crippen LogP contribution is -2.35. The lowest BCUT2D eigenvalue weighted by Gasteiger charge is -2.19. The molecule has 1 unspecified atom stereocenters. The zero-order valence-corrected chi connectivity index (χ0v) is 11.9. The van der Waals surface area contributed by atoms with Crippen LogP contribution in [0.5, 0.6) is 5.75 Å². The van der Waals surface area contributed by atoms with Crippen molar-refractivity contribution in [2.75, 3.05) is 14.1 Å². The zero-order chi connectivity index (χ0) is 13.9. The molecule has 1 amide bonds. The first kappa shape index (κ1) is 14.5. The van der Waals surface area contributed by atoms with E-state index in [0.717, 1.165) is 0 Å². The number of carbonyl (C=O) groups excluding carboxylic acids is 1. The molecular formula is C12H14BrNO4. The molecule has 1 aromatic carbocycles. The minimum Gasteiger partial charge on any atom is -0.480 e. The number of amides is 1. The predicted molar refractivity (Wildman–Crippen MR) is 69.9 cm³/mol. The van der Waals surface area contributed by atoms with Crippen molar-refractivity contribution < 1.29 is 19.4 Å². The van der Waals surface area contributed by atoms with Crippen molar-refractivity contribution in [2.24, 2.45) is 0 Å². The average molecular weight is 316 g/mol. The van der Waals surface area contributed by atoms with Gasteiger partial charge in [0.2, 0.25) is 0 Å². The summed E-state index contributed by atoms with van der Waals surface area (Å²) in [6, 6.07) is 4.41. The van der Waals surface area contributed by atoms with E-state index in [-0.39, 0.29) is 11.5 Å². The van der Waals surface area contributed by atoms with Gasteiger partial charge in [0.1, 0.15) is 5.75 Å². The van der Waals surface area contributed by atoms with E-state index in [2.05, 4.69) is 15.9 Å². The molecule has 18 heavy (non-hydrogen) atoms. The molecular weight excluding hydrogens is 302 g/mol. The maximum absolute atomic E-state index is 11.6. The molecule has 98 valence electrons. The number of benzene rings is 1. The minimum absolute atomic E-state index is 0.109. The van der Waals surface area contributed by atoms with Gasteiger partial charge in [0.15, 0.2) is 6.10 Å². The van der Waals surface area contributed by atoms with Crippen LogP contribution in [-0.4, -0.2) is 42.1 Å². The van der Waals surface area contributed by atoms with Crippen molar-refractivity contribution in [1.82, 2.24) is 4.90 Å². The van der Waals surface area contributed by atoms with Crippen molar-refractivity contribution in [1.29, 1.82) is 0 Å². The van der Waals surface area contributed by atoms with Crippen LogP contribution in [0.4, 0.5) is 0 Å². The van der Waals surface area contributed by atoms with E-state index >= 15 is 0 Å². The van der Waals surface area contributed by atoms with E-state index in [0.29, 0.717) is 10.2 Å². The van der Waals surface area contributed by atoms with Crippen LogP contribution in [0.1, 0.15) is 17.3 Å². The fourth-order valence-electron chi connectivity index (χ4n) is 1.33. The Balaban J connectivity index is 2.93. The highest BCUT2D eigenvalue weighted by Gasteiger charge is 2.18. The number of hydrogen-bond donors (Lipinski definition) is 1. The molecule has 0 saturated carbocycles. The van der Waals surface area contributed by atoms with Gasteiger partial charge in [0.25, 0.3) is 5.91 Å². The van der Waals surface area contributed by atoms with Crippen LogP contribution in [0, 0.1) is 0 Å². The Morgan fingerprint density at radius 2 is 2.00 bits per heavy atom. The smallest absolute Gasteiger partial charge is 0.335 e. The number of halogens is 1. The SMILES string of the molecule is CC(Oc1cc(C(=O)O)ccc1Br)C(=O)N(C)C. The average Bonchev–Trinajstić information content (AvgIpc) is 2.30. The van der Waals surface area contributed by atoms with Gasteiger partial charge in [-0.05, 0) is 41.1 Å². The third-order valence-electron chi connectivity index (χ3n) is 2.27. The molecule has 0 radical (unpaired) electrons. The first-order valence-corrected chi connectivity index (χ1v) is 6.03. The van der Waals surface area contributed by atoms with E-state index in [1.165, 1.54) is 17.0 Å². The van der Waals surface area contributed by atoms with Gasteiger partial charge in [0.05, 0.1) is 10.0 Å². The summed E-state index contributed by atoms with van der Waals surface area (Å²) in [4.78, 5) is 23.9. The molecule has 0 fully saturated rings. The summed E-state index contributed by atoms with van der Waals surface area (Å²) < 4.78 is 6.06. The summed E-state index contributed by atoms with van der Waals surface area (Å²) in [5, 5.41) is 8.89. The Hall–Kier alpha value is -1.56. The molecule has 0 aliphatic heterocycles. The number of carbonyl (C=O) groups is 2. The molecule has 1 N–H and O–H groups in total. The van der Waals surface area contributed by atoms with Crippen LogP contribution in [0.3, 0.4) is 0 Å². The molecule has 0 aliphatic carbocycles. The number of ether oxygens (including phenoxy) is 1. The monoisotopic (exact) mass is 315 g/mol. The number of likely N-dealkylation sites (N-methyl/N-ethyl adjacent to an activating group) is 1. The van der Waals surface area contributed by atoms with Crippen molar-refractivity contribution >= 4 is 27.8 Å². The summed E-state index contributed by atoms with van der Waals surface area (Å²) in [7, 11) is 3.26. The summed E-state index contributed by atoms with van der Waals surface area (Å²) in [5.74, 6) is -0.904. The van der Waals surface area contributed by atoms with E-state index in [1.54, 1.807) is 27.1 Å². The highest BCUT2D eigenvalue weighted by atomic mass is 79.9. The van der Waals surface area contributed by atoms with Crippen LogP contribution in [0.25, 0.3) is 0 Å². The molecule has 1 rings (SSSR count). The summed E-state index contributed by atoms with van der Waals surface area (Å²) in [5.41, 5.74) is 0.109. The largest absolute Gasteiger partial charge is 0.480 e.